The molecule has 2 heterocycles. The normalized spacial score (nSPS) is 14.5. The van der Waals surface area contributed by atoms with Gasteiger partial charge in [0.1, 0.15) is 5.75 Å². The summed E-state index contributed by atoms with van der Waals surface area (Å²) in [6.45, 7) is 7.94. The molecule has 0 spiro atoms. The van der Waals surface area contributed by atoms with Crippen LogP contribution in [0.15, 0.2) is 30.5 Å². The van der Waals surface area contributed by atoms with Gasteiger partial charge in [0, 0.05) is 37.5 Å². The predicted molar refractivity (Wildman–Crippen MR) is 89.6 cm³/mol. The maximum absolute atomic E-state index is 12.1. The summed E-state index contributed by atoms with van der Waals surface area (Å²) in [4.78, 5) is 13.9. The zero-order valence-corrected chi connectivity index (χ0v) is 14.2. The van der Waals surface area contributed by atoms with E-state index in [1.165, 1.54) is 0 Å². The van der Waals surface area contributed by atoms with Gasteiger partial charge in [-0.1, -0.05) is 20.8 Å². The van der Waals surface area contributed by atoms with Gasteiger partial charge in [-0.3, -0.25) is 4.68 Å². The van der Waals surface area contributed by atoms with Crippen LogP contribution in [-0.2, 0) is 12.5 Å². The SMILES string of the molecule is Cn1nccc1-c1ccc(OC(=O)N2CCC2)c(C(C)(C)C)c1. The summed E-state index contributed by atoms with van der Waals surface area (Å²) in [6, 6.07) is 7.94. The van der Waals surface area contributed by atoms with E-state index in [0.717, 1.165) is 36.3 Å². The zero-order valence-electron chi connectivity index (χ0n) is 14.2. The second-order valence-corrected chi connectivity index (χ2v) is 7.01. The summed E-state index contributed by atoms with van der Waals surface area (Å²) in [5.74, 6) is 0.639. The van der Waals surface area contributed by atoms with Crippen LogP contribution in [-0.4, -0.2) is 33.9 Å². The van der Waals surface area contributed by atoms with Crippen molar-refractivity contribution in [1.29, 1.82) is 0 Å². The summed E-state index contributed by atoms with van der Waals surface area (Å²) in [5, 5.41) is 4.22. The average molecular weight is 313 g/mol. The van der Waals surface area contributed by atoms with Gasteiger partial charge in [-0.2, -0.15) is 5.10 Å². The lowest BCUT2D eigenvalue weighted by Gasteiger charge is -2.31. The van der Waals surface area contributed by atoms with E-state index < -0.39 is 0 Å². The number of likely N-dealkylation sites (tertiary alicyclic amines) is 1. The fraction of sp³-hybridized carbons (Fsp3) is 0.444. The summed E-state index contributed by atoms with van der Waals surface area (Å²) in [6.07, 6.45) is 2.58. The first kappa shape index (κ1) is 15.6. The van der Waals surface area contributed by atoms with Crippen LogP contribution >= 0.6 is 0 Å². The van der Waals surface area contributed by atoms with Crippen molar-refractivity contribution in [3.8, 4) is 17.0 Å². The predicted octanol–water partition coefficient (Wildman–Crippen LogP) is 3.59. The zero-order chi connectivity index (χ0) is 16.6. The lowest BCUT2D eigenvalue weighted by molar-refractivity contribution is 0.124. The number of aryl methyl sites for hydroxylation is 1. The van der Waals surface area contributed by atoms with Crippen LogP contribution in [0, 0.1) is 0 Å². The molecule has 0 bridgehead atoms. The molecule has 1 fully saturated rings. The van der Waals surface area contributed by atoms with Crippen molar-refractivity contribution in [2.45, 2.75) is 32.6 Å². The van der Waals surface area contributed by atoms with Crippen molar-refractivity contribution in [2.75, 3.05) is 13.1 Å². The Balaban J connectivity index is 1.96. The quantitative estimate of drug-likeness (QED) is 0.851. The Kier molecular flexibility index (Phi) is 3.88. The lowest BCUT2D eigenvalue weighted by atomic mass is 9.85. The van der Waals surface area contributed by atoms with E-state index in [9.17, 15) is 4.79 Å². The number of amides is 1. The molecule has 0 aliphatic carbocycles. The molecule has 3 rings (SSSR count). The van der Waals surface area contributed by atoms with Crippen molar-refractivity contribution < 1.29 is 9.53 Å². The number of ether oxygens (including phenoxy) is 1. The summed E-state index contributed by atoms with van der Waals surface area (Å²) in [5.41, 5.74) is 3.00. The summed E-state index contributed by atoms with van der Waals surface area (Å²) >= 11 is 0. The van der Waals surface area contributed by atoms with Crippen LogP contribution in [0.4, 0.5) is 4.79 Å². The molecule has 0 saturated carbocycles. The highest BCUT2D eigenvalue weighted by Crippen LogP contribution is 2.35. The number of carbonyl (C=O) groups excluding carboxylic acids is 1. The van der Waals surface area contributed by atoms with E-state index in [4.69, 9.17) is 4.74 Å². The van der Waals surface area contributed by atoms with Gasteiger partial charge in [-0.25, -0.2) is 4.79 Å². The van der Waals surface area contributed by atoms with Crippen LogP contribution in [0.5, 0.6) is 5.75 Å². The fourth-order valence-corrected chi connectivity index (χ4v) is 2.68. The van der Waals surface area contributed by atoms with Crippen LogP contribution in [0.2, 0.25) is 0 Å². The molecule has 1 aromatic heterocycles. The van der Waals surface area contributed by atoms with Gasteiger partial charge in [-0.05, 0) is 36.1 Å². The third-order valence-electron chi connectivity index (χ3n) is 4.22. The van der Waals surface area contributed by atoms with Gasteiger partial charge >= 0.3 is 6.09 Å². The second-order valence-electron chi connectivity index (χ2n) is 7.01. The summed E-state index contributed by atoms with van der Waals surface area (Å²) < 4.78 is 7.48. The van der Waals surface area contributed by atoms with E-state index in [2.05, 4.69) is 31.9 Å². The van der Waals surface area contributed by atoms with Crippen LogP contribution in [0.1, 0.15) is 32.8 Å². The van der Waals surface area contributed by atoms with Gasteiger partial charge in [0.15, 0.2) is 0 Å². The molecule has 0 unspecified atom stereocenters. The minimum absolute atomic E-state index is 0.126. The third kappa shape index (κ3) is 3.09. The second kappa shape index (κ2) is 5.72. The Morgan fingerprint density at radius 1 is 1.22 bits per heavy atom. The molecule has 1 aliphatic rings. The molecule has 1 amide bonds. The van der Waals surface area contributed by atoms with Crippen LogP contribution in [0.25, 0.3) is 11.3 Å². The third-order valence-corrected chi connectivity index (χ3v) is 4.22. The van der Waals surface area contributed by atoms with Gasteiger partial charge < -0.3 is 9.64 Å². The maximum atomic E-state index is 12.1. The first-order valence-corrected chi connectivity index (χ1v) is 7.96. The Labute approximate surface area is 136 Å². The van der Waals surface area contributed by atoms with Gasteiger partial charge in [0.05, 0.1) is 5.69 Å². The minimum Gasteiger partial charge on any atom is -0.410 e. The van der Waals surface area contributed by atoms with Gasteiger partial charge in [-0.15, -0.1) is 0 Å². The summed E-state index contributed by atoms with van der Waals surface area (Å²) in [7, 11) is 1.92. The van der Waals surface area contributed by atoms with E-state index in [1.807, 2.05) is 29.9 Å². The fourth-order valence-electron chi connectivity index (χ4n) is 2.68. The number of hydrogen-bond donors (Lipinski definition) is 0. The van der Waals surface area contributed by atoms with Crippen molar-refractivity contribution in [3.05, 3.63) is 36.0 Å². The Morgan fingerprint density at radius 3 is 2.48 bits per heavy atom. The molecule has 1 aliphatic heterocycles. The molecular weight excluding hydrogens is 290 g/mol. The number of carbonyl (C=O) groups is 1. The lowest BCUT2D eigenvalue weighted by Crippen LogP contribution is -2.43. The van der Waals surface area contributed by atoms with Crippen LogP contribution in [0.3, 0.4) is 0 Å². The van der Waals surface area contributed by atoms with E-state index in [-0.39, 0.29) is 11.5 Å². The van der Waals surface area contributed by atoms with Gasteiger partial charge in [0.2, 0.25) is 0 Å². The molecule has 0 radical (unpaired) electrons. The van der Waals surface area contributed by atoms with Crippen molar-refractivity contribution >= 4 is 6.09 Å². The largest absolute Gasteiger partial charge is 0.415 e. The number of benzene rings is 1. The monoisotopic (exact) mass is 313 g/mol. The standard InChI is InChI=1S/C18H23N3O2/c1-18(2,3)14-12-13(15-8-9-19-20(15)4)6-7-16(14)23-17(22)21-10-5-11-21/h6-9,12H,5,10-11H2,1-4H3. The molecule has 122 valence electrons. The number of hydrogen-bond acceptors (Lipinski definition) is 3. The average Bonchev–Trinajstić information content (AvgIpc) is 2.82. The smallest absolute Gasteiger partial charge is 0.410 e. The molecule has 1 saturated heterocycles. The maximum Gasteiger partial charge on any atom is 0.415 e. The minimum atomic E-state index is -0.255. The Bertz CT molecular complexity index is 724. The van der Waals surface area contributed by atoms with Crippen molar-refractivity contribution in [3.63, 3.8) is 0 Å². The molecule has 0 N–H and O–H groups in total. The molecule has 1 aromatic carbocycles. The molecule has 5 heteroatoms. The Hall–Kier alpha value is -2.30. The number of rotatable bonds is 2. The van der Waals surface area contributed by atoms with Gasteiger partial charge in [0.25, 0.3) is 0 Å². The van der Waals surface area contributed by atoms with E-state index in [1.54, 1.807) is 11.1 Å². The van der Waals surface area contributed by atoms with Crippen molar-refractivity contribution in [1.82, 2.24) is 14.7 Å². The Morgan fingerprint density at radius 2 is 1.96 bits per heavy atom. The highest BCUT2D eigenvalue weighted by Gasteiger charge is 2.26. The number of nitrogens with zero attached hydrogens (tertiary/aromatic N) is 3. The molecule has 23 heavy (non-hydrogen) atoms. The molecule has 2 aromatic rings. The first-order chi connectivity index (χ1) is 10.9. The molecule has 0 atom stereocenters. The number of aromatic nitrogens is 2. The van der Waals surface area contributed by atoms with E-state index in [0.29, 0.717) is 5.75 Å². The van der Waals surface area contributed by atoms with E-state index >= 15 is 0 Å². The highest BCUT2D eigenvalue weighted by atomic mass is 16.6. The first-order valence-electron chi connectivity index (χ1n) is 7.96. The molecular formula is C18H23N3O2. The topological polar surface area (TPSA) is 47.4 Å². The molecule has 5 nitrogen and oxygen atoms in total. The highest BCUT2D eigenvalue weighted by molar-refractivity contribution is 5.73. The van der Waals surface area contributed by atoms with Crippen LogP contribution < -0.4 is 4.74 Å². The van der Waals surface area contributed by atoms with Crippen molar-refractivity contribution in [2.24, 2.45) is 7.05 Å².